The highest BCUT2D eigenvalue weighted by molar-refractivity contribution is 14.0. The third-order valence-corrected chi connectivity index (χ3v) is 4.56. The second-order valence-electron chi connectivity index (χ2n) is 5.80. The summed E-state index contributed by atoms with van der Waals surface area (Å²) in [5.74, 6) is 0.714. The van der Waals surface area contributed by atoms with Crippen LogP contribution in [0.3, 0.4) is 0 Å². The third-order valence-electron chi connectivity index (χ3n) is 3.59. The summed E-state index contributed by atoms with van der Waals surface area (Å²) in [5.41, 5.74) is 1.66. The molecule has 0 aliphatic carbocycles. The summed E-state index contributed by atoms with van der Waals surface area (Å²) in [6.07, 6.45) is 2.77. The van der Waals surface area contributed by atoms with E-state index in [9.17, 15) is 4.79 Å². The van der Waals surface area contributed by atoms with Gasteiger partial charge in [-0.05, 0) is 38.5 Å². The summed E-state index contributed by atoms with van der Waals surface area (Å²) < 4.78 is 0. The van der Waals surface area contributed by atoms with Gasteiger partial charge in [-0.2, -0.15) is 0 Å². The van der Waals surface area contributed by atoms with Gasteiger partial charge in [0.05, 0.1) is 11.6 Å². The van der Waals surface area contributed by atoms with Crippen LogP contribution in [0.1, 0.15) is 39.7 Å². The van der Waals surface area contributed by atoms with Gasteiger partial charge in [-0.1, -0.05) is 12.1 Å². The van der Waals surface area contributed by atoms with Gasteiger partial charge < -0.3 is 16.0 Å². The Balaban J connectivity index is 0.00000364. The smallest absolute Gasteiger partial charge is 0.251 e. The number of rotatable bonds is 8. The second-order valence-corrected chi connectivity index (χ2v) is 7.12. The largest absolute Gasteiger partial charge is 0.357 e. The minimum absolute atomic E-state index is 0. The Kier molecular flexibility index (Phi) is 11.0. The van der Waals surface area contributed by atoms with Gasteiger partial charge in [-0.3, -0.25) is 4.79 Å². The zero-order valence-electron chi connectivity index (χ0n) is 16.0. The number of nitrogens with zero attached hydrogens (tertiary/aromatic N) is 2. The summed E-state index contributed by atoms with van der Waals surface area (Å²) in [6, 6.07) is 7.57. The number of nitrogens with one attached hydrogen (secondary N) is 3. The molecule has 1 aromatic carbocycles. The molecule has 1 aromatic heterocycles. The van der Waals surface area contributed by atoms with E-state index in [1.165, 1.54) is 4.88 Å². The van der Waals surface area contributed by atoms with E-state index in [0.29, 0.717) is 18.7 Å². The Bertz CT molecular complexity index is 747. The molecule has 0 radical (unpaired) electrons. The van der Waals surface area contributed by atoms with Gasteiger partial charge in [0.2, 0.25) is 0 Å². The quantitative estimate of drug-likeness (QED) is 0.295. The molecule has 148 valence electrons. The molecule has 8 heteroatoms. The van der Waals surface area contributed by atoms with Crippen molar-refractivity contribution in [1.82, 2.24) is 20.9 Å². The molecule has 1 amide bonds. The normalized spacial score (nSPS) is 10.9. The van der Waals surface area contributed by atoms with Crippen molar-refractivity contribution in [3.05, 3.63) is 51.5 Å². The van der Waals surface area contributed by atoms with Gasteiger partial charge in [0.15, 0.2) is 5.96 Å². The molecule has 0 aliphatic heterocycles. The molecule has 2 rings (SSSR count). The van der Waals surface area contributed by atoms with Crippen molar-refractivity contribution in [1.29, 1.82) is 0 Å². The predicted molar refractivity (Wildman–Crippen MR) is 123 cm³/mol. The summed E-state index contributed by atoms with van der Waals surface area (Å²) in [7, 11) is 0. The van der Waals surface area contributed by atoms with Crippen LogP contribution in [0, 0.1) is 6.92 Å². The number of aromatic nitrogens is 1. The monoisotopic (exact) mass is 501 g/mol. The van der Waals surface area contributed by atoms with E-state index in [0.717, 1.165) is 36.0 Å². The maximum Gasteiger partial charge on any atom is 0.251 e. The Morgan fingerprint density at radius 2 is 1.96 bits per heavy atom. The van der Waals surface area contributed by atoms with E-state index in [-0.39, 0.29) is 29.9 Å². The van der Waals surface area contributed by atoms with Gasteiger partial charge >= 0.3 is 0 Å². The molecular formula is C19H28IN5OS. The number of hydrogen-bond acceptors (Lipinski definition) is 4. The standard InChI is InChI=1S/C19H27N5OS.HI/c1-4-20-18(25)16-8-6-7-15(11-16)13-24-19(21-5-2)22-10-9-17-23-12-14(3)26-17;/h6-8,11-12H,4-5,9-10,13H2,1-3H3,(H,20,25)(H2,21,22,24);1H. The fourth-order valence-corrected chi connectivity index (χ4v) is 3.18. The Morgan fingerprint density at radius 1 is 1.19 bits per heavy atom. The maximum atomic E-state index is 11.9. The zero-order chi connectivity index (χ0) is 18.8. The molecule has 0 unspecified atom stereocenters. The van der Waals surface area contributed by atoms with Crippen LogP contribution in [-0.4, -0.2) is 36.5 Å². The van der Waals surface area contributed by atoms with Gasteiger partial charge in [-0.15, -0.1) is 35.3 Å². The highest BCUT2D eigenvalue weighted by Crippen LogP contribution is 2.11. The lowest BCUT2D eigenvalue weighted by Gasteiger charge is -2.11. The van der Waals surface area contributed by atoms with Crippen LogP contribution in [0.15, 0.2) is 35.5 Å². The molecule has 0 atom stereocenters. The van der Waals surface area contributed by atoms with Gasteiger partial charge in [-0.25, -0.2) is 9.98 Å². The molecule has 0 spiro atoms. The summed E-state index contributed by atoms with van der Waals surface area (Å²) in [5, 5.41) is 10.5. The fourth-order valence-electron chi connectivity index (χ4n) is 2.39. The number of hydrogen-bond donors (Lipinski definition) is 3. The van der Waals surface area contributed by atoms with Crippen LogP contribution < -0.4 is 16.0 Å². The van der Waals surface area contributed by atoms with Gasteiger partial charge in [0.25, 0.3) is 5.91 Å². The number of thiazole rings is 1. The molecule has 0 saturated carbocycles. The number of benzene rings is 1. The molecule has 2 aromatic rings. The first-order valence-corrected chi connectivity index (χ1v) is 9.74. The van der Waals surface area contributed by atoms with Crippen molar-refractivity contribution in [2.75, 3.05) is 19.6 Å². The van der Waals surface area contributed by atoms with E-state index in [1.54, 1.807) is 11.3 Å². The number of amides is 1. The van der Waals surface area contributed by atoms with Crippen LogP contribution in [0.2, 0.25) is 0 Å². The van der Waals surface area contributed by atoms with E-state index in [4.69, 9.17) is 0 Å². The second kappa shape index (κ2) is 12.7. The zero-order valence-corrected chi connectivity index (χ0v) is 19.2. The number of carbonyl (C=O) groups excluding carboxylic acids is 1. The fraction of sp³-hybridized carbons (Fsp3) is 0.421. The minimum Gasteiger partial charge on any atom is -0.357 e. The summed E-state index contributed by atoms with van der Waals surface area (Å²) in [6.45, 7) is 8.71. The maximum absolute atomic E-state index is 11.9. The predicted octanol–water partition coefficient (Wildman–Crippen LogP) is 3.12. The first kappa shape index (κ1) is 23.4. The molecule has 6 nitrogen and oxygen atoms in total. The van der Waals surface area contributed by atoms with Crippen LogP contribution in [0.5, 0.6) is 0 Å². The number of aryl methyl sites for hydroxylation is 1. The lowest BCUT2D eigenvalue weighted by molar-refractivity contribution is 0.0955. The average molecular weight is 501 g/mol. The average Bonchev–Trinajstić information content (AvgIpc) is 3.05. The van der Waals surface area contributed by atoms with Crippen LogP contribution in [-0.2, 0) is 13.0 Å². The molecule has 1 heterocycles. The molecule has 0 aliphatic rings. The van der Waals surface area contributed by atoms with E-state index in [2.05, 4.69) is 32.9 Å². The molecule has 0 bridgehead atoms. The highest BCUT2D eigenvalue weighted by atomic mass is 127. The van der Waals surface area contributed by atoms with E-state index in [1.807, 2.05) is 44.3 Å². The number of guanidine groups is 1. The summed E-state index contributed by atoms with van der Waals surface area (Å²) >= 11 is 1.72. The van der Waals surface area contributed by atoms with Crippen LogP contribution in [0.4, 0.5) is 0 Å². The van der Waals surface area contributed by atoms with E-state index < -0.39 is 0 Å². The van der Waals surface area contributed by atoms with Crippen LogP contribution in [0.25, 0.3) is 0 Å². The molecule has 0 fully saturated rings. The lowest BCUT2D eigenvalue weighted by atomic mass is 10.1. The third kappa shape index (κ3) is 8.25. The van der Waals surface area contributed by atoms with Crippen molar-refractivity contribution < 1.29 is 4.79 Å². The highest BCUT2D eigenvalue weighted by Gasteiger charge is 2.05. The Morgan fingerprint density at radius 3 is 2.63 bits per heavy atom. The van der Waals surface area contributed by atoms with Gasteiger partial charge in [0.1, 0.15) is 0 Å². The molecular weight excluding hydrogens is 473 g/mol. The van der Waals surface area contributed by atoms with Crippen molar-refractivity contribution in [2.45, 2.75) is 33.7 Å². The van der Waals surface area contributed by atoms with Crippen molar-refractivity contribution >= 4 is 47.2 Å². The Hall–Kier alpha value is -1.68. The van der Waals surface area contributed by atoms with Crippen molar-refractivity contribution in [3.63, 3.8) is 0 Å². The lowest BCUT2D eigenvalue weighted by Crippen LogP contribution is -2.38. The Labute approximate surface area is 182 Å². The number of halogens is 1. The first-order valence-electron chi connectivity index (χ1n) is 8.93. The van der Waals surface area contributed by atoms with Crippen molar-refractivity contribution in [2.24, 2.45) is 4.99 Å². The van der Waals surface area contributed by atoms with Gasteiger partial charge in [0, 0.05) is 42.7 Å². The SMILES string of the molecule is CCNC(=O)c1cccc(CN=C(NCC)NCCc2ncc(C)s2)c1.I. The number of carbonyl (C=O) groups is 1. The number of aliphatic imine (C=N–C) groups is 1. The molecule has 0 saturated heterocycles. The van der Waals surface area contributed by atoms with E-state index >= 15 is 0 Å². The summed E-state index contributed by atoms with van der Waals surface area (Å²) in [4.78, 5) is 22.2. The topological polar surface area (TPSA) is 78.4 Å². The molecule has 3 N–H and O–H groups in total. The first-order chi connectivity index (χ1) is 12.6. The van der Waals surface area contributed by atoms with Crippen molar-refractivity contribution in [3.8, 4) is 0 Å². The van der Waals surface area contributed by atoms with Crippen LogP contribution >= 0.6 is 35.3 Å². The molecule has 27 heavy (non-hydrogen) atoms. The minimum atomic E-state index is -0.0536.